The molecule has 0 amide bonds. The van der Waals surface area contributed by atoms with Gasteiger partial charge in [-0.2, -0.15) is 0 Å². The maximum absolute atomic E-state index is 4.72. The molecule has 1 aromatic heterocycles. The Kier molecular flexibility index (Phi) is 0.745. The predicted molar refractivity (Wildman–Crippen MR) is 22.6 cm³/mol. The summed E-state index contributed by atoms with van der Waals surface area (Å²) in [4.78, 5) is 3.66. The van der Waals surface area contributed by atoms with Gasteiger partial charge in [0.1, 0.15) is 0 Å². The number of hydrogen-bond donors (Lipinski definition) is 0. The fourth-order valence-corrected chi connectivity index (χ4v) is 0.279. The van der Waals surface area contributed by atoms with Crippen molar-refractivity contribution in [1.82, 2.24) is 4.89 Å². The van der Waals surface area contributed by atoms with Gasteiger partial charge in [0.2, 0.25) is 0 Å². The summed E-state index contributed by atoms with van der Waals surface area (Å²) < 4.78 is 4.72. The van der Waals surface area contributed by atoms with Gasteiger partial charge in [-0.1, -0.05) is 0 Å². The molecule has 1 aromatic rings. The van der Waals surface area contributed by atoms with Crippen LogP contribution in [0.3, 0.4) is 0 Å². The molecular formula is C3H4BNO. The van der Waals surface area contributed by atoms with Crippen molar-refractivity contribution < 1.29 is 4.42 Å². The molecule has 0 aliphatic carbocycles. The Balaban J connectivity index is 3.05. The number of rotatable bonds is 0. The van der Waals surface area contributed by atoms with Gasteiger partial charge in [-0.25, -0.2) is 0 Å². The molecule has 0 unspecified atom stereocenters. The summed E-state index contributed by atoms with van der Waals surface area (Å²) in [6.45, 7) is 1.85. The maximum atomic E-state index is 4.72. The normalized spacial score (nSPS) is 8.17. The van der Waals surface area contributed by atoms with Crippen molar-refractivity contribution in [2.24, 2.45) is 0 Å². The van der Waals surface area contributed by atoms with Crippen LogP contribution in [0.2, 0.25) is 0 Å². The minimum atomic E-state index is 0.856. The second-order valence-electron chi connectivity index (χ2n) is 1.11. The topological polar surface area (TPSA) is 26.0 Å². The minimum absolute atomic E-state index is 0.856. The van der Waals surface area contributed by atoms with E-state index in [0.29, 0.717) is 0 Å². The van der Waals surface area contributed by atoms with E-state index in [1.54, 1.807) is 7.05 Å². The summed E-state index contributed by atoms with van der Waals surface area (Å²) in [6, 6.07) is 0. The van der Waals surface area contributed by atoms with Gasteiger partial charge in [0.15, 0.2) is 0 Å². The van der Waals surface area contributed by atoms with Crippen LogP contribution in [0.5, 0.6) is 0 Å². The molecule has 0 fully saturated rings. The third-order valence-corrected chi connectivity index (χ3v) is 0.556. The summed E-state index contributed by atoms with van der Waals surface area (Å²) in [5.74, 6) is 0. The SMILES string of the molecule is Cc1bnco1. The molecule has 0 aliphatic rings. The standard InChI is InChI=1S/C3H4BNO/c1-3-4-5-2-6-3/h2H,1H3. The molecule has 6 heavy (non-hydrogen) atoms. The van der Waals surface area contributed by atoms with Crippen LogP contribution < -0.4 is 0 Å². The molecule has 1 rings (SSSR count). The van der Waals surface area contributed by atoms with Gasteiger partial charge in [-0.3, -0.25) is 0 Å². The Morgan fingerprint density at radius 1 is 2.00 bits per heavy atom. The van der Waals surface area contributed by atoms with Gasteiger partial charge < -0.3 is 0 Å². The van der Waals surface area contributed by atoms with Crippen LogP contribution in [-0.4, -0.2) is 11.9 Å². The molecule has 3 heteroatoms. The molecule has 0 N–H and O–H groups in total. The van der Waals surface area contributed by atoms with E-state index < -0.39 is 0 Å². The van der Waals surface area contributed by atoms with E-state index in [1.165, 1.54) is 6.39 Å². The molecule has 0 aliphatic heterocycles. The first-order valence-electron chi connectivity index (χ1n) is 1.74. The van der Waals surface area contributed by atoms with Crippen LogP contribution in [0.1, 0.15) is 5.66 Å². The quantitative estimate of drug-likeness (QED) is 0.449. The Bertz CT molecular complexity index is 114. The molecule has 0 aromatic carbocycles. The van der Waals surface area contributed by atoms with Crippen LogP contribution in [0.25, 0.3) is 0 Å². The Morgan fingerprint density at radius 2 is 2.83 bits per heavy atom. The van der Waals surface area contributed by atoms with Crippen LogP contribution in [-0.2, 0) is 0 Å². The van der Waals surface area contributed by atoms with Crippen molar-refractivity contribution in [2.75, 3.05) is 0 Å². The summed E-state index contributed by atoms with van der Waals surface area (Å²) in [5.41, 5.74) is 0.856. The van der Waals surface area contributed by atoms with Crippen molar-refractivity contribution in [1.29, 1.82) is 0 Å². The first-order chi connectivity index (χ1) is 2.89. The summed E-state index contributed by atoms with van der Waals surface area (Å²) >= 11 is 0. The zero-order valence-electron chi connectivity index (χ0n) is 3.51. The van der Waals surface area contributed by atoms with Crippen LogP contribution in [0.15, 0.2) is 10.8 Å². The molecule has 0 atom stereocenters. The van der Waals surface area contributed by atoms with Crippen molar-refractivity contribution in [3.63, 3.8) is 0 Å². The molecular weight excluding hydrogens is 76.9 g/mol. The van der Waals surface area contributed by atoms with E-state index in [0.717, 1.165) is 5.66 Å². The number of aromatic nitrogens is 1. The number of aryl methyl sites for hydroxylation is 1. The van der Waals surface area contributed by atoms with E-state index in [4.69, 9.17) is 4.42 Å². The second kappa shape index (κ2) is 1.24. The van der Waals surface area contributed by atoms with Gasteiger partial charge in [-0.05, 0) is 0 Å². The molecule has 0 spiro atoms. The van der Waals surface area contributed by atoms with E-state index in [-0.39, 0.29) is 0 Å². The monoisotopic (exact) mass is 81.0 g/mol. The fourth-order valence-electron chi connectivity index (χ4n) is 0.279. The molecule has 30 valence electrons. The average molecular weight is 80.9 g/mol. The predicted octanol–water partition coefficient (Wildman–Crippen LogP) is 0.321. The van der Waals surface area contributed by atoms with Gasteiger partial charge in [0, 0.05) is 0 Å². The van der Waals surface area contributed by atoms with E-state index >= 15 is 0 Å². The fraction of sp³-hybridized carbons (Fsp3) is 0.333. The third kappa shape index (κ3) is 0.480. The van der Waals surface area contributed by atoms with Gasteiger partial charge in [-0.15, -0.1) is 0 Å². The molecule has 0 bridgehead atoms. The van der Waals surface area contributed by atoms with Crippen LogP contribution in [0, 0.1) is 6.92 Å². The molecule has 0 saturated carbocycles. The number of nitrogens with zero attached hydrogens (tertiary/aromatic N) is 1. The Morgan fingerprint density at radius 3 is 3.00 bits per heavy atom. The van der Waals surface area contributed by atoms with Crippen molar-refractivity contribution in [3.8, 4) is 0 Å². The van der Waals surface area contributed by atoms with Gasteiger partial charge in [0.05, 0.1) is 0 Å². The van der Waals surface area contributed by atoms with E-state index in [9.17, 15) is 0 Å². The van der Waals surface area contributed by atoms with Crippen LogP contribution >= 0.6 is 0 Å². The average Bonchev–Trinajstić information content (AvgIpc) is 1.86. The van der Waals surface area contributed by atoms with Crippen LogP contribution in [0.4, 0.5) is 0 Å². The first kappa shape index (κ1) is 3.59. The Labute approximate surface area is 36.4 Å². The molecule has 1 heterocycles. The molecule has 0 radical (unpaired) electrons. The van der Waals surface area contributed by atoms with E-state index in [2.05, 4.69) is 4.89 Å². The zero-order chi connectivity index (χ0) is 4.41. The molecule has 2 nitrogen and oxygen atoms in total. The van der Waals surface area contributed by atoms with Crippen molar-refractivity contribution >= 4 is 7.05 Å². The van der Waals surface area contributed by atoms with E-state index in [1.807, 2.05) is 6.92 Å². The summed E-state index contributed by atoms with van der Waals surface area (Å²) in [5, 5.41) is 0. The van der Waals surface area contributed by atoms with Gasteiger partial charge >= 0.3 is 35.3 Å². The second-order valence-corrected chi connectivity index (χ2v) is 1.11. The molecule has 0 saturated heterocycles. The first-order valence-corrected chi connectivity index (χ1v) is 1.74. The summed E-state index contributed by atoms with van der Waals surface area (Å²) in [6.07, 6.45) is 1.41. The zero-order valence-corrected chi connectivity index (χ0v) is 3.51. The Hall–Kier alpha value is -0.595. The van der Waals surface area contributed by atoms with Gasteiger partial charge in [0.25, 0.3) is 0 Å². The third-order valence-electron chi connectivity index (χ3n) is 0.556. The number of hydrogen-bond acceptors (Lipinski definition) is 2. The van der Waals surface area contributed by atoms with Crippen molar-refractivity contribution in [3.05, 3.63) is 12.0 Å². The summed E-state index contributed by atoms with van der Waals surface area (Å²) in [7, 11) is 1.67. The van der Waals surface area contributed by atoms with Crippen molar-refractivity contribution in [2.45, 2.75) is 6.92 Å².